The van der Waals surface area contributed by atoms with E-state index in [0.29, 0.717) is 5.56 Å². The lowest BCUT2D eigenvalue weighted by atomic mass is 10.1. The summed E-state index contributed by atoms with van der Waals surface area (Å²) in [4.78, 5) is 10.8. The molecule has 1 aromatic rings. The van der Waals surface area contributed by atoms with Gasteiger partial charge in [0, 0.05) is 17.5 Å². The van der Waals surface area contributed by atoms with Crippen LogP contribution in [0.2, 0.25) is 0 Å². The molecule has 0 saturated carbocycles. The van der Waals surface area contributed by atoms with Gasteiger partial charge in [0.15, 0.2) is 6.23 Å². The number of nitrogens with one attached hydrogen (secondary N) is 1. The topological polar surface area (TPSA) is 38.3 Å². The van der Waals surface area contributed by atoms with E-state index in [0.717, 1.165) is 24.1 Å². The fourth-order valence-electron chi connectivity index (χ4n) is 1.23. The zero-order valence-corrected chi connectivity index (χ0v) is 8.56. The quantitative estimate of drug-likeness (QED) is 0.613. The van der Waals surface area contributed by atoms with Gasteiger partial charge < -0.3 is 4.74 Å². The molecule has 1 aliphatic rings. The normalized spacial score (nSPS) is 20.9. The summed E-state index contributed by atoms with van der Waals surface area (Å²) in [5, 5.41) is -0.495. The summed E-state index contributed by atoms with van der Waals surface area (Å²) in [5.74, 6) is 0. The summed E-state index contributed by atoms with van der Waals surface area (Å²) >= 11 is 0.777. The first-order valence-corrected chi connectivity index (χ1v) is 5.08. The molecule has 1 atom stereocenters. The van der Waals surface area contributed by atoms with Crippen LogP contribution in [0.25, 0.3) is 0 Å². The van der Waals surface area contributed by atoms with E-state index in [2.05, 4.69) is 4.72 Å². The zero-order chi connectivity index (χ0) is 11.8. The Balaban J connectivity index is 2.17. The lowest BCUT2D eigenvalue weighted by Crippen LogP contribution is -2.10. The van der Waals surface area contributed by atoms with Gasteiger partial charge in [0.1, 0.15) is 0 Å². The van der Waals surface area contributed by atoms with Gasteiger partial charge in [0.25, 0.3) is 0 Å². The number of rotatable bonds is 1. The van der Waals surface area contributed by atoms with Crippen molar-refractivity contribution >= 4 is 17.2 Å². The second-order valence-corrected chi connectivity index (χ2v) is 3.86. The van der Waals surface area contributed by atoms with E-state index in [4.69, 9.17) is 4.74 Å². The highest BCUT2D eigenvalue weighted by atomic mass is 32.2. The number of hydrogen-bond acceptors (Lipinski definition) is 4. The number of halogens is 3. The summed E-state index contributed by atoms with van der Waals surface area (Å²) in [6.45, 7) is 0. The fraction of sp³-hybridized carbons (Fsp3) is 0.222. The number of cyclic esters (lactones) is 1. The van der Waals surface area contributed by atoms with Crippen LogP contribution in [0.3, 0.4) is 0 Å². The molecular formula is C9H6F3NO2S. The van der Waals surface area contributed by atoms with E-state index in [1.54, 1.807) is 0 Å². The first kappa shape index (κ1) is 11.3. The molecule has 1 fully saturated rings. The van der Waals surface area contributed by atoms with Gasteiger partial charge in [0.05, 0.1) is 5.56 Å². The van der Waals surface area contributed by atoms with Crippen molar-refractivity contribution in [2.45, 2.75) is 12.4 Å². The lowest BCUT2D eigenvalue weighted by Gasteiger charge is -2.10. The van der Waals surface area contributed by atoms with E-state index >= 15 is 0 Å². The van der Waals surface area contributed by atoms with Gasteiger partial charge in [-0.25, -0.2) is 9.52 Å². The maximum absolute atomic E-state index is 12.3. The highest BCUT2D eigenvalue weighted by Crippen LogP contribution is 2.31. The first-order valence-electron chi connectivity index (χ1n) is 4.27. The Morgan fingerprint density at radius 3 is 2.31 bits per heavy atom. The molecule has 1 aliphatic heterocycles. The second-order valence-electron chi connectivity index (χ2n) is 3.09. The molecule has 0 spiro atoms. The molecule has 0 bridgehead atoms. The van der Waals surface area contributed by atoms with Crippen LogP contribution in [0.15, 0.2) is 24.3 Å². The third kappa shape index (κ3) is 2.30. The van der Waals surface area contributed by atoms with E-state index in [9.17, 15) is 18.0 Å². The fourth-order valence-corrected chi connectivity index (χ4v) is 1.76. The molecule has 1 N–H and O–H groups in total. The van der Waals surface area contributed by atoms with Crippen molar-refractivity contribution in [2.75, 3.05) is 0 Å². The number of hydrogen-bond donors (Lipinski definition) is 1. The standard InChI is InChI=1S/C9H6F3NO2S/c10-9(11,12)6-3-1-5(2-4-6)7-13-16-8(14)15-7/h1-4,7,13H. The second kappa shape index (κ2) is 3.99. The molecule has 16 heavy (non-hydrogen) atoms. The van der Waals surface area contributed by atoms with Crippen LogP contribution in [0.1, 0.15) is 17.4 Å². The van der Waals surface area contributed by atoms with E-state index < -0.39 is 23.3 Å². The Hall–Kier alpha value is -1.21. The molecule has 7 heteroatoms. The largest absolute Gasteiger partial charge is 0.432 e. The SMILES string of the molecule is O=C1OC(c2ccc(C(F)(F)F)cc2)NS1. The van der Waals surface area contributed by atoms with Gasteiger partial charge in [-0.15, -0.1) is 0 Å². The van der Waals surface area contributed by atoms with Crippen molar-refractivity contribution in [2.24, 2.45) is 0 Å². The van der Waals surface area contributed by atoms with Crippen LogP contribution in [0.5, 0.6) is 0 Å². The van der Waals surface area contributed by atoms with E-state index in [1.165, 1.54) is 12.1 Å². The summed E-state index contributed by atoms with van der Waals surface area (Å²) in [7, 11) is 0. The van der Waals surface area contributed by atoms with Crippen LogP contribution in [0.4, 0.5) is 18.0 Å². The van der Waals surface area contributed by atoms with Crippen LogP contribution in [-0.4, -0.2) is 5.30 Å². The minimum atomic E-state index is -4.35. The zero-order valence-electron chi connectivity index (χ0n) is 7.75. The van der Waals surface area contributed by atoms with Gasteiger partial charge >= 0.3 is 11.5 Å². The highest BCUT2D eigenvalue weighted by Gasteiger charge is 2.31. The third-order valence-corrected chi connectivity index (χ3v) is 2.60. The van der Waals surface area contributed by atoms with Gasteiger partial charge in [-0.1, -0.05) is 12.1 Å². The van der Waals surface area contributed by atoms with Gasteiger partial charge in [-0.2, -0.15) is 13.2 Å². The first-order chi connectivity index (χ1) is 7.47. The van der Waals surface area contributed by atoms with Gasteiger partial charge in [-0.3, -0.25) is 0 Å². The van der Waals surface area contributed by atoms with Crippen molar-refractivity contribution in [3.8, 4) is 0 Å². The molecule has 0 aromatic heterocycles. The molecule has 86 valence electrons. The predicted molar refractivity (Wildman–Crippen MR) is 51.4 cm³/mol. The van der Waals surface area contributed by atoms with Gasteiger partial charge in [-0.05, 0) is 12.1 Å². The van der Waals surface area contributed by atoms with Gasteiger partial charge in [0.2, 0.25) is 0 Å². The molecule has 0 aliphatic carbocycles. The highest BCUT2D eigenvalue weighted by molar-refractivity contribution is 8.11. The summed E-state index contributed by atoms with van der Waals surface area (Å²) in [5.41, 5.74) is -0.250. The molecule has 1 heterocycles. The maximum atomic E-state index is 12.3. The van der Waals surface area contributed by atoms with E-state index in [1.807, 2.05) is 0 Å². The summed E-state index contributed by atoms with van der Waals surface area (Å²) in [6, 6.07) is 4.46. The minimum Gasteiger partial charge on any atom is -0.432 e. The van der Waals surface area contributed by atoms with Crippen molar-refractivity contribution < 1.29 is 22.7 Å². The van der Waals surface area contributed by atoms with Crippen molar-refractivity contribution in [3.63, 3.8) is 0 Å². The van der Waals surface area contributed by atoms with Crippen molar-refractivity contribution in [1.82, 2.24) is 4.72 Å². The Labute approximate surface area is 93.1 Å². The number of benzene rings is 1. The lowest BCUT2D eigenvalue weighted by molar-refractivity contribution is -0.137. The van der Waals surface area contributed by atoms with Crippen LogP contribution in [0, 0.1) is 0 Å². The number of ether oxygens (including phenoxy) is 1. The van der Waals surface area contributed by atoms with Crippen LogP contribution >= 0.6 is 11.9 Å². The van der Waals surface area contributed by atoms with Crippen molar-refractivity contribution in [1.29, 1.82) is 0 Å². The summed E-state index contributed by atoms with van der Waals surface area (Å²) in [6.07, 6.45) is -5.03. The molecule has 3 nitrogen and oxygen atoms in total. The Morgan fingerprint density at radius 1 is 1.25 bits per heavy atom. The molecule has 2 rings (SSSR count). The smallest absolute Gasteiger partial charge is 0.416 e. The summed E-state index contributed by atoms with van der Waals surface area (Å²) < 4.78 is 44.2. The third-order valence-electron chi connectivity index (χ3n) is 2.00. The predicted octanol–water partition coefficient (Wildman–Crippen LogP) is 3.09. The monoisotopic (exact) mass is 249 g/mol. The molecule has 1 unspecified atom stereocenters. The molecule has 0 amide bonds. The maximum Gasteiger partial charge on any atom is 0.416 e. The molecular weight excluding hydrogens is 243 g/mol. The van der Waals surface area contributed by atoms with Crippen LogP contribution in [-0.2, 0) is 10.9 Å². The molecule has 1 aromatic carbocycles. The average Bonchev–Trinajstić information content (AvgIpc) is 2.64. The Morgan fingerprint density at radius 2 is 1.88 bits per heavy atom. The van der Waals surface area contributed by atoms with Crippen LogP contribution < -0.4 is 4.72 Å². The average molecular weight is 249 g/mol. The Bertz CT molecular complexity index is 404. The minimum absolute atomic E-state index is 0.478. The number of alkyl halides is 3. The number of carbonyl (C=O) groups is 1. The number of carbonyl (C=O) groups excluding carboxylic acids is 1. The molecule has 1 saturated heterocycles. The Kier molecular flexibility index (Phi) is 2.81. The van der Waals surface area contributed by atoms with Crippen molar-refractivity contribution in [3.05, 3.63) is 35.4 Å². The van der Waals surface area contributed by atoms with E-state index in [-0.39, 0.29) is 0 Å². The molecule has 0 radical (unpaired) electrons.